The Morgan fingerprint density at radius 3 is 2.81 bits per heavy atom. The summed E-state index contributed by atoms with van der Waals surface area (Å²) in [6.07, 6.45) is 8.54. The third-order valence-electron chi connectivity index (χ3n) is 3.69. The van der Waals surface area contributed by atoms with Crippen LogP contribution in [0.25, 0.3) is 0 Å². The zero-order valence-corrected chi connectivity index (χ0v) is 12.1. The maximum Gasteiger partial charge on any atom is 0.303 e. The van der Waals surface area contributed by atoms with Gasteiger partial charge in [-0.25, -0.2) is 4.68 Å². The third-order valence-corrected chi connectivity index (χ3v) is 3.69. The van der Waals surface area contributed by atoms with E-state index in [-0.39, 0.29) is 18.9 Å². The van der Waals surface area contributed by atoms with Crippen LogP contribution in [0.3, 0.4) is 0 Å². The Balaban J connectivity index is 1.69. The van der Waals surface area contributed by atoms with E-state index in [4.69, 9.17) is 5.11 Å². The molecule has 0 radical (unpaired) electrons. The second-order valence-corrected chi connectivity index (χ2v) is 5.56. The van der Waals surface area contributed by atoms with E-state index in [1.165, 1.54) is 17.5 Å². The van der Waals surface area contributed by atoms with Crippen LogP contribution in [0.15, 0.2) is 6.20 Å². The van der Waals surface area contributed by atoms with E-state index < -0.39 is 5.97 Å². The molecule has 1 fully saturated rings. The summed E-state index contributed by atoms with van der Waals surface area (Å²) in [4.78, 5) is 22.2. The Labute approximate surface area is 123 Å². The van der Waals surface area contributed by atoms with Crippen LogP contribution in [0.4, 0.5) is 0 Å². The molecule has 116 valence electrons. The van der Waals surface area contributed by atoms with Crippen molar-refractivity contribution >= 4 is 11.9 Å². The molecule has 0 saturated heterocycles. The second-order valence-electron chi connectivity index (χ2n) is 5.56. The highest BCUT2D eigenvalue weighted by atomic mass is 16.4. The fourth-order valence-corrected chi connectivity index (χ4v) is 2.60. The van der Waals surface area contributed by atoms with Crippen molar-refractivity contribution in [3.8, 4) is 0 Å². The number of rotatable bonds is 8. The van der Waals surface area contributed by atoms with Gasteiger partial charge in [-0.05, 0) is 32.1 Å². The number of carbonyl (C=O) groups is 2. The lowest BCUT2D eigenvalue weighted by atomic mass is 10.1. The Morgan fingerprint density at radius 1 is 1.33 bits per heavy atom. The van der Waals surface area contributed by atoms with Gasteiger partial charge in [0.2, 0.25) is 5.91 Å². The predicted molar refractivity (Wildman–Crippen MR) is 75.6 cm³/mol. The molecule has 1 aliphatic carbocycles. The third kappa shape index (κ3) is 5.53. The van der Waals surface area contributed by atoms with Crippen LogP contribution >= 0.6 is 0 Å². The summed E-state index contributed by atoms with van der Waals surface area (Å²) in [6, 6.07) is 0.316. The minimum Gasteiger partial charge on any atom is -0.481 e. The molecule has 21 heavy (non-hydrogen) atoms. The number of aromatic nitrogens is 3. The van der Waals surface area contributed by atoms with Crippen LogP contribution in [0.5, 0.6) is 0 Å². The van der Waals surface area contributed by atoms with Gasteiger partial charge in [-0.1, -0.05) is 18.1 Å². The summed E-state index contributed by atoms with van der Waals surface area (Å²) in [5, 5.41) is 19.5. The second kappa shape index (κ2) is 7.75. The highest BCUT2D eigenvalue weighted by molar-refractivity contribution is 5.75. The molecule has 0 spiro atoms. The Bertz CT molecular complexity index is 480. The minimum atomic E-state index is -0.776. The lowest BCUT2D eigenvalue weighted by Crippen LogP contribution is -2.35. The summed E-state index contributed by atoms with van der Waals surface area (Å²) in [5.41, 5.74) is 0.800. The van der Waals surface area contributed by atoms with E-state index in [1.807, 2.05) is 0 Å². The zero-order valence-electron chi connectivity index (χ0n) is 12.1. The molecule has 0 aromatic carbocycles. The largest absolute Gasteiger partial charge is 0.481 e. The van der Waals surface area contributed by atoms with E-state index in [1.54, 1.807) is 6.20 Å². The SMILES string of the molecule is O=C(O)CCCCc1cn(CC(=O)NC2CCCC2)nn1. The van der Waals surface area contributed by atoms with Crippen LogP contribution in [0.1, 0.15) is 50.6 Å². The topological polar surface area (TPSA) is 97.1 Å². The number of hydrogen-bond acceptors (Lipinski definition) is 4. The van der Waals surface area contributed by atoms with Gasteiger partial charge in [-0.2, -0.15) is 0 Å². The maximum atomic E-state index is 11.8. The van der Waals surface area contributed by atoms with Crippen molar-refractivity contribution in [1.29, 1.82) is 0 Å². The lowest BCUT2D eigenvalue weighted by molar-refractivity contribution is -0.137. The number of nitrogens with one attached hydrogen (secondary N) is 1. The monoisotopic (exact) mass is 294 g/mol. The van der Waals surface area contributed by atoms with Crippen LogP contribution in [0.2, 0.25) is 0 Å². The lowest BCUT2D eigenvalue weighted by Gasteiger charge is -2.11. The van der Waals surface area contributed by atoms with Crippen molar-refractivity contribution in [3.63, 3.8) is 0 Å². The van der Waals surface area contributed by atoms with E-state index in [0.717, 1.165) is 25.0 Å². The molecular formula is C14H22N4O3. The minimum absolute atomic E-state index is 0.0239. The van der Waals surface area contributed by atoms with Crippen molar-refractivity contribution in [1.82, 2.24) is 20.3 Å². The number of aryl methyl sites for hydroxylation is 1. The van der Waals surface area contributed by atoms with Gasteiger partial charge in [0, 0.05) is 18.7 Å². The van der Waals surface area contributed by atoms with Crippen LogP contribution in [-0.4, -0.2) is 38.0 Å². The molecule has 1 aromatic heterocycles. The first-order valence-corrected chi connectivity index (χ1v) is 7.53. The Morgan fingerprint density at radius 2 is 2.10 bits per heavy atom. The molecule has 7 nitrogen and oxygen atoms in total. The van der Waals surface area contributed by atoms with Crippen molar-refractivity contribution in [3.05, 3.63) is 11.9 Å². The van der Waals surface area contributed by atoms with Crippen LogP contribution in [-0.2, 0) is 22.6 Å². The first kappa shape index (κ1) is 15.5. The number of nitrogens with zero attached hydrogens (tertiary/aromatic N) is 3. The average molecular weight is 294 g/mol. The van der Waals surface area contributed by atoms with Gasteiger partial charge >= 0.3 is 5.97 Å². The first-order valence-electron chi connectivity index (χ1n) is 7.53. The van der Waals surface area contributed by atoms with Crippen molar-refractivity contribution in [2.24, 2.45) is 0 Å². The maximum absolute atomic E-state index is 11.8. The highest BCUT2D eigenvalue weighted by Crippen LogP contribution is 2.17. The molecule has 1 aromatic rings. The molecule has 0 bridgehead atoms. The molecule has 0 aliphatic heterocycles. The normalized spacial score (nSPS) is 15.2. The van der Waals surface area contributed by atoms with Crippen molar-refractivity contribution < 1.29 is 14.7 Å². The highest BCUT2D eigenvalue weighted by Gasteiger charge is 2.17. The smallest absolute Gasteiger partial charge is 0.303 e. The number of carbonyl (C=O) groups excluding carboxylic acids is 1. The molecule has 0 atom stereocenters. The van der Waals surface area contributed by atoms with Gasteiger partial charge in [0.1, 0.15) is 6.54 Å². The van der Waals surface area contributed by atoms with Gasteiger partial charge in [0.25, 0.3) is 0 Å². The van der Waals surface area contributed by atoms with Crippen molar-refractivity contribution in [2.45, 2.75) is 64.0 Å². The fraction of sp³-hybridized carbons (Fsp3) is 0.714. The van der Waals surface area contributed by atoms with Gasteiger partial charge < -0.3 is 10.4 Å². The predicted octanol–water partition coefficient (Wildman–Crippen LogP) is 1.13. The van der Waals surface area contributed by atoms with Gasteiger partial charge in [0.05, 0.1) is 5.69 Å². The van der Waals surface area contributed by atoms with Crippen molar-refractivity contribution in [2.75, 3.05) is 0 Å². The number of unbranched alkanes of at least 4 members (excludes halogenated alkanes) is 1. The van der Waals surface area contributed by atoms with E-state index >= 15 is 0 Å². The van der Waals surface area contributed by atoms with E-state index in [9.17, 15) is 9.59 Å². The summed E-state index contributed by atoms with van der Waals surface area (Å²) in [5.74, 6) is -0.800. The number of amides is 1. The van der Waals surface area contributed by atoms with Gasteiger partial charge in [-0.3, -0.25) is 9.59 Å². The first-order chi connectivity index (χ1) is 10.1. The molecule has 1 heterocycles. The number of hydrogen-bond donors (Lipinski definition) is 2. The van der Waals surface area contributed by atoms with E-state index in [0.29, 0.717) is 18.9 Å². The number of carboxylic acid groups (broad SMARTS) is 1. The standard InChI is InChI=1S/C14H22N4O3/c19-13(15-11-5-1-2-6-11)10-18-9-12(16-17-18)7-3-4-8-14(20)21/h9,11H,1-8,10H2,(H,15,19)(H,20,21). The van der Waals surface area contributed by atoms with Crippen LogP contribution < -0.4 is 5.32 Å². The molecule has 1 aliphatic rings. The number of aliphatic carboxylic acids is 1. The summed E-state index contributed by atoms with van der Waals surface area (Å²) < 4.78 is 1.54. The molecule has 0 unspecified atom stereocenters. The van der Waals surface area contributed by atoms with Gasteiger partial charge in [-0.15, -0.1) is 5.10 Å². The average Bonchev–Trinajstić information content (AvgIpc) is 3.06. The fourth-order valence-electron chi connectivity index (χ4n) is 2.60. The Kier molecular flexibility index (Phi) is 5.71. The number of carboxylic acids is 1. The molecule has 7 heteroatoms. The van der Waals surface area contributed by atoms with Crippen LogP contribution in [0, 0.1) is 0 Å². The Hall–Kier alpha value is -1.92. The zero-order chi connectivity index (χ0) is 15.1. The molecule has 1 amide bonds. The molecular weight excluding hydrogens is 272 g/mol. The molecule has 1 saturated carbocycles. The van der Waals surface area contributed by atoms with Gasteiger partial charge in [0.15, 0.2) is 0 Å². The molecule has 2 rings (SSSR count). The van der Waals surface area contributed by atoms with E-state index in [2.05, 4.69) is 15.6 Å². The summed E-state index contributed by atoms with van der Waals surface area (Å²) in [6.45, 7) is 0.193. The summed E-state index contributed by atoms with van der Waals surface area (Å²) in [7, 11) is 0. The molecule has 2 N–H and O–H groups in total. The summed E-state index contributed by atoms with van der Waals surface area (Å²) >= 11 is 0. The quantitative estimate of drug-likeness (QED) is 0.701.